The van der Waals surface area contributed by atoms with Crippen LogP contribution in [0.3, 0.4) is 0 Å². The van der Waals surface area contributed by atoms with Crippen LogP contribution in [-0.4, -0.2) is 35.1 Å². The number of rotatable bonds is 4. The third-order valence-corrected chi connectivity index (χ3v) is 3.30. The molecule has 5 heteroatoms. The van der Waals surface area contributed by atoms with Gasteiger partial charge in [0.2, 0.25) is 0 Å². The van der Waals surface area contributed by atoms with Crippen molar-refractivity contribution >= 4 is 16.9 Å². The van der Waals surface area contributed by atoms with E-state index in [-0.39, 0.29) is 5.91 Å². The first-order valence-corrected chi connectivity index (χ1v) is 6.72. The van der Waals surface area contributed by atoms with E-state index < -0.39 is 0 Å². The zero-order valence-corrected chi connectivity index (χ0v) is 12.3. The van der Waals surface area contributed by atoms with Gasteiger partial charge < -0.3 is 0 Å². The highest BCUT2D eigenvalue weighted by atomic mass is 16.7. The van der Waals surface area contributed by atoms with Gasteiger partial charge in [-0.05, 0) is 31.0 Å². The summed E-state index contributed by atoms with van der Waals surface area (Å²) in [6.07, 6.45) is 1.70. The average Bonchev–Trinajstić information content (AvgIpc) is 2.51. The van der Waals surface area contributed by atoms with Crippen LogP contribution >= 0.6 is 0 Å². The third kappa shape index (κ3) is 2.63. The van der Waals surface area contributed by atoms with Gasteiger partial charge in [0.1, 0.15) is 0 Å². The summed E-state index contributed by atoms with van der Waals surface area (Å²) in [4.78, 5) is 26.2. The maximum absolute atomic E-state index is 12.0. The molecule has 1 aromatic heterocycles. The number of benzene rings is 1. The van der Waals surface area contributed by atoms with Gasteiger partial charge in [0.25, 0.3) is 5.91 Å². The maximum atomic E-state index is 12.0. The van der Waals surface area contributed by atoms with Crippen molar-refractivity contribution in [1.29, 1.82) is 0 Å². The molecule has 0 unspecified atom stereocenters. The van der Waals surface area contributed by atoms with E-state index in [1.165, 1.54) is 12.2 Å². The fourth-order valence-electron chi connectivity index (χ4n) is 2.09. The number of aryl methyl sites for hydroxylation is 2. The first-order chi connectivity index (χ1) is 9.60. The Hall–Kier alpha value is -2.01. The molecular formula is C15H19N3O2. The predicted molar refractivity (Wildman–Crippen MR) is 77.4 cm³/mol. The molecule has 2 aromatic rings. The minimum atomic E-state index is -0.200. The van der Waals surface area contributed by atoms with E-state index in [2.05, 4.69) is 23.8 Å². The van der Waals surface area contributed by atoms with Gasteiger partial charge in [0.15, 0.2) is 0 Å². The van der Waals surface area contributed by atoms with E-state index in [9.17, 15) is 4.79 Å². The quantitative estimate of drug-likeness (QED) is 0.803. The van der Waals surface area contributed by atoms with Gasteiger partial charge in [0, 0.05) is 12.6 Å². The summed E-state index contributed by atoms with van der Waals surface area (Å²) in [5, 5.41) is 1.19. The van der Waals surface area contributed by atoms with E-state index >= 15 is 0 Å². The molecule has 0 N–H and O–H groups in total. The van der Waals surface area contributed by atoms with Gasteiger partial charge in [0.05, 0.1) is 29.5 Å². The lowest BCUT2D eigenvalue weighted by atomic mass is 10.1. The van der Waals surface area contributed by atoms with Crippen LogP contribution < -0.4 is 0 Å². The molecule has 1 amide bonds. The number of hydrogen-bond acceptors (Lipinski definition) is 4. The van der Waals surface area contributed by atoms with Crippen molar-refractivity contribution in [1.82, 2.24) is 15.0 Å². The van der Waals surface area contributed by atoms with Gasteiger partial charge in [-0.25, -0.2) is 15.0 Å². The fourth-order valence-corrected chi connectivity index (χ4v) is 2.09. The van der Waals surface area contributed by atoms with Crippen molar-refractivity contribution in [2.45, 2.75) is 26.7 Å². The summed E-state index contributed by atoms with van der Waals surface area (Å²) in [6.45, 7) is 4.13. The topological polar surface area (TPSA) is 55.3 Å². The SMILES string of the molecule is CCc1nc2ccc(C(=O)N(C)OC)cc2nc1CC. The molecule has 0 radical (unpaired) electrons. The van der Waals surface area contributed by atoms with Crippen molar-refractivity contribution in [3.63, 3.8) is 0 Å². The van der Waals surface area contributed by atoms with Crippen LogP contribution in [-0.2, 0) is 17.7 Å². The van der Waals surface area contributed by atoms with Crippen LogP contribution in [0.25, 0.3) is 11.0 Å². The van der Waals surface area contributed by atoms with Crippen LogP contribution in [0.2, 0.25) is 0 Å². The van der Waals surface area contributed by atoms with Gasteiger partial charge in [-0.1, -0.05) is 13.8 Å². The van der Waals surface area contributed by atoms with E-state index in [1.807, 2.05) is 6.07 Å². The van der Waals surface area contributed by atoms with Crippen LogP contribution in [0.4, 0.5) is 0 Å². The smallest absolute Gasteiger partial charge is 0.274 e. The Morgan fingerprint density at radius 3 is 2.30 bits per heavy atom. The molecule has 106 valence electrons. The van der Waals surface area contributed by atoms with Crippen molar-refractivity contribution in [3.05, 3.63) is 35.2 Å². The molecular weight excluding hydrogens is 254 g/mol. The highest BCUT2D eigenvalue weighted by Gasteiger charge is 2.13. The molecule has 0 saturated carbocycles. The molecule has 2 rings (SSSR count). The second-order valence-corrected chi connectivity index (χ2v) is 4.51. The zero-order chi connectivity index (χ0) is 14.7. The van der Waals surface area contributed by atoms with Gasteiger partial charge in [-0.3, -0.25) is 9.63 Å². The minimum Gasteiger partial charge on any atom is -0.274 e. The largest absolute Gasteiger partial charge is 0.277 e. The molecule has 5 nitrogen and oxygen atoms in total. The van der Waals surface area contributed by atoms with E-state index in [1.54, 1.807) is 19.2 Å². The van der Waals surface area contributed by atoms with E-state index in [0.717, 1.165) is 35.3 Å². The average molecular weight is 273 g/mol. The Morgan fingerprint density at radius 1 is 1.15 bits per heavy atom. The number of carbonyl (C=O) groups excluding carboxylic acids is 1. The van der Waals surface area contributed by atoms with Gasteiger partial charge >= 0.3 is 0 Å². The lowest BCUT2D eigenvalue weighted by molar-refractivity contribution is -0.0756. The second-order valence-electron chi connectivity index (χ2n) is 4.51. The summed E-state index contributed by atoms with van der Waals surface area (Å²) < 4.78 is 0. The maximum Gasteiger partial charge on any atom is 0.277 e. The van der Waals surface area contributed by atoms with Gasteiger partial charge in [-0.2, -0.15) is 0 Å². The second kappa shape index (κ2) is 5.96. The lowest BCUT2D eigenvalue weighted by Crippen LogP contribution is -2.25. The first kappa shape index (κ1) is 14.4. The van der Waals surface area contributed by atoms with Crippen molar-refractivity contribution in [2.75, 3.05) is 14.2 Å². The summed E-state index contributed by atoms with van der Waals surface area (Å²) in [5.74, 6) is -0.200. The predicted octanol–water partition coefficient (Wildman–Crippen LogP) is 2.39. The molecule has 0 aliphatic heterocycles. The normalized spacial score (nSPS) is 10.8. The molecule has 0 spiro atoms. The third-order valence-electron chi connectivity index (χ3n) is 3.30. The number of aromatic nitrogens is 2. The summed E-state index contributed by atoms with van der Waals surface area (Å²) in [7, 11) is 3.04. The molecule has 0 bridgehead atoms. The van der Waals surface area contributed by atoms with E-state index in [4.69, 9.17) is 4.84 Å². The zero-order valence-electron chi connectivity index (χ0n) is 12.3. The Labute approximate surface area is 118 Å². The standard InChI is InChI=1S/C15H19N3O2/c1-5-11-12(6-2)17-14-9-10(7-8-13(14)16-11)15(19)18(3)20-4/h7-9H,5-6H2,1-4H3. The summed E-state index contributed by atoms with van der Waals surface area (Å²) in [6, 6.07) is 5.34. The minimum absolute atomic E-state index is 0.200. The first-order valence-electron chi connectivity index (χ1n) is 6.72. The number of amides is 1. The summed E-state index contributed by atoms with van der Waals surface area (Å²) >= 11 is 0. The molecule has 0 saturated heterocycles. The van der Waals surface area contributed by atoms with Gasteiger partial charge in [-0.15, -0.1) is 0 Å². The molecule has 0 atom stereocenters. The van der Waals surface area contributed by atoms with Crippen LogP contribution in [0.1, 0.15) is 35.6 Å². The van der Waals surface area contributed by atoms with Crippen molar-refractivity contribution in [2.24, 2.45) is 0 Å². The Bertz CT molecular complexity index is 640. The van der Waals surface area contributed by atoms with Crippen molar-refractivity contribution in [3.8, 4) is 0 Å². The Kier molecular flexibility index (Phi) is 4.29. The highest BCUT2D eigenvalue weighted by molar-refractivity contribution is 5.96. The number of hydrogen-bond donors (Lipinski definition) is 0. The molecule has 20 heavy (non-hydrogen) atoms. The van der Waals surface area contributed by atoms with Crippen molar-refractivity contribution < 1.29 is 9.63 Å². The molecule has 0 aliphatic carbocycles. The molecule has 0 aliphatic rings. The number of carbonyl (C=O) groups is 1. The Balaban J connectivity index is 2.51. The molecule has 0 fully saturated rings. The number of hydroxylamine groups is 2. The van der Waals surface area contributed by atoms with Crippen LogP contribution in [0.5, 0.6) is 0 Å². The molecule has 1 heterocycles. The lowest BCUT2D eigenvalue weighted by Gasteiger charge is -2.14. The Morgan fingerprint density at radius 2 is 1.75 bits per heavy atom. The van der Waals surface area contributed by atoms with E-state index in [0.29, 0.717) is 5.56 Å². The van der Waals surface area contributed by atoms with Crippen LogP contribution in [0.15, 0.2) is 18.2 Å². The fraction of sp³-hybridized carbons (Fsp3) is 0.400. The highest BCUT2D eigenvalue weighted by Crippen LogP contribution is 2.17. The summed E-state index contributed by atoms with van der Waals surface area (Å²) in [5.41, 5.74) is 4.12. The monoisotopic (exact) mass is 273 g/mol. The number of fused-ring (bicyclic) bond motifs is 1. The molecule has 1 aromatic carbocycles. The van der Waals surface area contributed by atoms with Crippen LogP contribution in [0, 0.1) is 0 Å². The number of nitrogens with zero attached hydrogens (tertiary/aromatic N) is 3.